The molecular weight excluding hydrogens is 376 g/mol. The standard InChI is InChI=1S/C30H48O/c1-8-21-25(27(21,3)4)15-18(2)22-9-10-23-20-16-26(31-7)30-17-19(30)11-14-29(30,6)24(20)12-13-28(22,23)5/h8,18-26H,1,9-17H2,2-7H3/t18-,19-,20+,21-,22-,23+,24+,25+,26-,28-,29-,30+/m1/s1. The third-order valence-corrected chi connectivity index (χ3v) is 13.6. The second-order valence-corrected chi connectivity index (χ2v) is 14.4. The lowest BCUT2D eigenvalue weighted by Crippen LogP contribution is -2.57. The van der Waals surface area contributed by atoms with Crippen LogP contribution >= 0.6 is 0 Å². The van der Waals surface area contributed by atoms with Gasteiger partial charge in [-0.2, -0.15) is 0 Å². The molecule has 0 aromatic carbocycles. The molecule has 6 saturated carbocycles. The topological polar surface area (TPSA) is 9.23 Å². The maximum Gasteiger partial charge on any atom is 0.0638 e. The first-order chi connectivity index (χ1) is 14.6. The summed E-state index contributed by atoms with van der Waals surface area (Å²) in [4.78, 5) is 0. The average Bonchev–Trinajstić information content (AvgIpc) is 3.46. The van der Waals surface area contributed by atoms with E-state index in [-0.39, 0.29) is 0 Å². The van der Waals surface area contributed by atoms with E-state index in [0.717, 1.165) is 47.3 Å². The fourth-order valence-corrected chi connectivity index (χ4v) is 11.8. The van der Waals surface area contributed by atoms with Crippen LogP contribution in [-0.4, -0.2) is 13.2 Å². The summed E-state index contributed by atoms with van der Waals surface area (Å²) in [6.45, 7) is 17.1. The number of hydrogen-bond acceptors (Lipinski definition) is 1. The van der Waals surface area contributed by atoms with Crippen molar-refractivity contribution >= 4 is 0 Å². The monoisotopic (exact) mass is 424 g/mol. The van der Waals surface area contributed by atoms with Crippen molar-refractivity contribution in [2.24, 2.45) is 69.0 Å². The molecule has 0 heterocycles. The van der Waals surface area contributed by atoms with E-state index in [1.807, 2.05) is 7.11 Å². The number of hydrogen-bond donors (Lipinski definition) is 0. The van der Waals surface area contributed by atoms with Crippen LogP contribution in [0.5, 0.6) is 0 Å². The van der Waals surface area contributed by atoms with Gasteiger partial charge in [-0.25, -0.2) is 0 Å². The highest BCUT2D eigenvalue weighted by molar-refractivity contribution is 5.26. The molecule has 1 spiro atoms. The summed E-state index contributed by atoms with van der Waals surface area (Å²) in [5.74, 6) is 7.27. The molecule has 1 heteroatoms. The van der Waals surface area contributed by atoms with Gasteiger partial charge in [-0.3, -0.25) is 0 Å². The lowest BCUT2D eigenvalue weighted by molar-refractivity contribution is -0.161. The van der Waals surface area contributed by atoms with Crippen LogP contribution in [-0.2, 0) is 4.74 Å². The molecular formula is C30H48O. The molecule has 6 fully saturated rings. The Morgan fingerprint density at radius 3 is 2.45 bits per heavy atom. The number of methoxy groups -OCH3 is 1. The Morgan fingerprint density at radius 1 is 1.03 bits per heavy atom. The lowest BCUT2D eigenvalue weighted by atomic mass is 9.45. The van der Waals surface area contributed by atoms with Gasteiger partial charge in [0.05, 0.1) is 6.10 Å². The van der Waals surface area contributed by atoms with Crippen LogP contribution in [0.25, 0.3) is 0 Å². The molecule has 6 aliphatic carbocycles. The third kappa shape index (κ3) is 2.44. The number of rotatable bonds is 5. The maximum absolute atomic E-state index is 6.32. The van der Waals surface area contributed by atoms with Crippen LogP contribution in [0, 0.1) is 69.0 Å². The molecule has 0 unspecified atom stereocenters. The van der Waals surface area contributed by atoms with Crippen LogP contribution < -0.4 is 0 Å². The van der Waals surface area contributed by atoms with Crippen molar-refractivity contribution in [2.45, 2.75) is 98.5 Å². The van der Waals surface area contributed by atoms with Crippen molar-refractivity contribution in [1.82, 2.24) is 0 Å². The van der Waals surface area contributed by atoms with Crippen LogP contribution in [0.1, 0.15) is 92.4 Å². The smallest absolute Gasteiger partial charge is 0.0638 e. The van der Waals surface area contributed by atoms with Gasteiger partial charge in [-0.1, -0.05) is 40.7 Å². The SMILES string of the molecule is C=C[C@@H]1[C@H](C[C@@H](C)[C@H]2CC[C@H]3[C@@H]4C[C@@H](OC)[C@]56C[C@H]5CC[C@]6(C)[C@H]4CC[C@]23C)C1(C)C. The molecule has 0 bridgehead atoms. The van der Waals surface area contributed by atoms with Crippen molar-refractivity contribution < 1.29 is 4.74 Å². The van der Waals surface area contributed by atoms with Gasteiger partial charge < -0.3 is 4.74 Å². The summed E-state index contributed by atoms with van der Waals surface area (Å²) in [7, 11) is 2.03. The minimum absolute atomic E-state index is 0.494. The first kappa shape index (κ1) is 21.2. The Morgan fingerprint density at radius 2 is 1.81 bits per heavy atom. The first-order valence-corrected chi connectivity index (χ1v) is 13.8. The second-order valence-electron chi connectivity index (χ2n) is 14.4. The molecule has 0 amide bonds. The van der Waals surface area contributed by atoms with Crippen LogP contribution in [0.4, 0.5) is 0 Å². The van der Waals surface area contributed by atoms with Crippen LogP contribution in [0.2, 0.25) is 0 Å². The molecule has 12 atom stereocenters. The average molecular weight is 425 g/mol. The summed E-state index contributed by atoms with van der Waals surface area (Å²) < 4.78 is 6.32. The molecule has 0 aromatic rings. The Bertz CT molecular complexity index is 768. The highest BCUT2D eigenvalue weighted by Crippen LogP contribution is 2.82. The fraction of sp³-hybridized carbons (Fsp3) is 0.933. The maximum atomic E-state index is 6.32. The van der Waals surface area contributed by atoms with Gasteiger partial charge in [0, 0.05) is 12.5 Å². The number of allylic oxidation sites excluding steroid dienone is 1. The van der Waals surface area contributed by atoms with E-state index >= 15 is 0 Å². The quantitative estimate of drug-likeness (QED) is 0.410. The van der Waals surface area contributed by atoms with E-state index in [1.165, 1.54) is 57.8 Å². The molecule has 174 valence electrons. The van der Waals surface area contributed by atoms with Crippen molar-refractivity contribution in [3.8, 4) is 0 Å². The van der Waals surface area contributed by atoms with Gasteiger partial charge in [0.2, 0.25) is 0 Å². The van der Waals surface area contributed by atoms with Gasteiger partial charge in [-0.05, 0) is 121 Å². The predicted molar refractivity (Wildman–Crippen MR) is 129 cm³/mol. The van der Waals surface area contributed by atoms with E-state index in [1.54, 1.807) is 0 Å². The molecule has 1 nitrogen and oxygen atoms in total. The van der Waals surface area contributed by atoms with Crippen molar-refractivity contribution in [3.63, 3.8) is 0 Å². The van der Waals surface area contributed by atoms with E-state index in [9.17, 15) is 0 Å². The van der Waals surface area contributed by atoms with Crippen LogP contribution in [0.3, 0.4) is 0 Å². The zero-order valence-electron chi connectivity index (χ0n) is 21.3. The molecule has 0 aliphatic heterocycles. The van der Waals surface area contributed by atoms with E-state index in [0.29, 0.717) is 27.8 Å². The molecule has 6 aliphatic rings. The van der Waals surface area contributed by atoms with Crippen LogP contribution in [0.15, 0.2) is 12.7 Å². The lowest BCUT2D eigenvalue weighted by Gasteiger charge is -2.61. The third-order valence-electron chi connectivity index (χ3n) is 13.6. The number of fused-ring (bicyclic) bond motifs is 4. The Labute approximate surface area is 192 Å². The number of ether oxygens (including phenoxy) is 1. The summed E-state index contributed by atoms with van der Waals surface area (Å²) >= 11 is 0. The summed E-state index contributed by atoms with van der Waals surface area (Å²) in [5, 5.41) is 0. The van der Waals surface area contributed by atoms with Gasteiger partial charge in [-0.15, -0.1) is 6.58 Å². The zero-order chi connectivity index (χ0) is 22.0. The summed E-state index contributed by atoms with van der Waals surface area (Å²) in [6.07, 6.45) is 16.0. The molecule has 6 rings (SSSR count). The van der Waals surface area contributed by atoms with Crippen molar-refractivity contribution in [1.29, 1.82) is 0 Å². The zero-order valence-corrected chi connectivity index (χ0v) is 21.3. The minimum Gasteiger partial charge on any atom is -0.381 e. The molecule has 0 aromatic heterocycles. The van der Waals surface area contributed by atoms with E-state index in [4.69, 9.17) is 4.74 Å². The van der Waals surface area contributed by atoms with E-state index < -0.39 is 0 Å². The Balaban J connectivity index is 1.24. The first-order valence-electron chi connectivity index (χ1n) is 13.8. The predicted octanol–water partition coefficient (Wildman–Crippen LogP) is 7.75. The molecule has 0 saturated heterocycles. The second kappa shape index (κ2) is 6.43. The largest absolute Gasteiger partial charge is 0.381 e. The molecule has 0 N–H and O–H groups in total. The van der Waals surface area contributed by atoms with E-state index in [2.05, 4.69) is 47.3 Å². The van der Waals surface area contributed by atoms with Gasteiger partial charge in [0.15, 0.2) is 0 Å². The Kier molecular flexibility index (Phi) is 4.40. The van der Waals surface area contributed by atoms with Crippen molar-refractivity contribution in [2.75, 3.05) is 7.11 Å². The highest BCUT2D eigenvalue weighted by Gasteiger charge is 2.77. The Hall–Kier alpha value is -0.300. The van der Waals surface area contributed by atoms with Gasteiger partial charge in [0.25, 0.3) is 0 Å². The summed E-state index contributed by atoms with van der Waals surface area (Å²) in [6, 6.07) is 0. The summed E-state index contributed by atoms with van der Waals surface area (Å²) in [5.41, 5.74) is 2.21. The van der Waals surface area contributed by atoms with Gasteiger partial charge >= 0.3 is 0 Å². The highest BCUT2D eigenvalue weighted by atomic mass is 16.5. The molecule has 31 heavy (non-hydrogen) atoms. The fourth-order valence-electron chi connectivity index (χ4n) is 11.8. The van der Waals surface area contributed by atoms with Gasteiger partial charge in [0.1, 0.15) is 0 Å². The minimum atomic E-state index is 0.494. The molecule has 0 radical (unpaired) electrons. The normalized spacial score (nSPS) is 59.2. The van der Waals surface area contributed by atoms with Crippen molar-refractivity contribution in [3.05, 3.63) is 12.7 Å².